The van der Waals surface area contributed by atoms with Crippen molar-refractivity contribution >= 4 is 39.3 Å². The van der Waals surface area contributed by atoms with Gasteiger partial charge in [0.05, 0.1) is 39.6 Å². The van der Waals surface area contributed by atoms with Gasteiger partial charge in [0.15, 0.2) is 0 Å². The highest BCUT2D eigenvalue weighted by atomic mass is 32.1. The number of thiophene rings is 1. The highest BCUT2D eigenvalue weighted by Crippen LogP contribution is 2.40. The van der Waals surface area contributed by atoms with Gasteiger partial charge in [-0.3, -0.25) is 4.79 Å². The Bertz CT molecular complexity index is 2400. The number of nitrogens with zero attached hydrogens (tertiary/aromatic N) is 6. The number of amides is 1. The number of thiazole rings is 1. The third-order valence-electron chi connectivity index (χ3n) is 12.3. The number of phenols is 1. The number of aryl methyl sites for hydroxylation is 2. The number of aliphatic hydroxyl groups is 1. The average Bonchev–Trinajstić information content (AvgIpc) is 4.12. The molecule has 3 N–H and O–H groups in total. The lowest BCUT2D eigenvalue weighted by Crippen LogP contribution is -2.32. The lowest BCUT2D eigenvalue weighted by molar-refractivity contribution is -0.110. The van der Waals surface area contributed by atoms with Crippen molar-refractivity contribution in [3.8, 4) is 27.4 Å². The minimum absolute atomic E-state index is 0.0455. The molecule has 2 saturated heterocycles. The molecule has 0 bridgehead atoms. The molecule has 0 saturated carbocycles. The van der Waals surface area contributed by atoms with Crippen molar-refractivity contribution in [3.63, 3.8) is 0 Å². The molecule has 356 valence electrons. The minimum atomic E-state index is -0.144. The normalized spacial score (nSPS) is 16.4. The summed E-state index contributed by atoms with van der Waals surface area (Å²) in [5.74, 6) is 2.77. The molecule has 1 unspecified atom stereocenters. The summed E-state index contributed by atoms with van der Waals surface area (Å²) >= 11 is 3.44. The molecule has 2 fully saturated rings. The zero-order chi connectivity index (χ0) is 47.8. The first-order chi connectivity index (χ1) is 31.8. The molecule has 13 heteroatoms. The quantitative estimate of drug-likeness (QED) is 0.0714. The maximum atomic E-state index is 10.4. The Hall–Kier alpha value is -4.79. The van der Waals surface area contributed by atoms with Gasteiger partial charge in [-0.1, -0.05) is 94.7 Å². The number of benzene rings is 2. The molecular formula is C53H73N7O4S2. The van der Waals surface area contributed by atoms with Crippen LogP contribution in [0, 0.1) is 19.8 Å². The molecule has 4 aromatic heterocycles. The maximum absolute atomic E-state index is 10.4. The van der Waals surface area contributed by atoms with E-state index in [-0.39, 0.29) is 17.9 Å². The van der Waals surface area contributed by atoms with Gasteiger partial charge in [-0.15, -0.1) is 32.9 Å². The first-order valence-corrected chi connectivity index (χ1v) is 25.4. The van der Waals surface area contributed by atoms with Crippen molar-refractivity contribution in [2.45, 2.75) is 125 Å². The fraction of sp³-hybridized carbons (Fsp3) is 0.491. The van der Waals surface area contributed by atoms with Gasteiger partial charge in [-0.2, -0.15) is 0 Å². The van der Waals surface area contributed by atoms with Crippen LogP contribution in [0.25, 0.3) is 31.9 Å². The Morgan fingerprint density at radius 3 is 2.27 bits per heavy atom. The number of piperidine rings is 1. The number of aliphatic hydroxyl groups excluding tert-OH is 1. The second-order valence-corrected chi connectivity index (χ2v) is 20.0. The zero-order valence-electron chi connectivity index (χ0n) is 40.7. The van der Waals surface area contributed by atoms with Gasteiger partial charge in [-0.05, 0) is 126 Å². The van der Waals surface area contributed by atoms with Crippen molar-refractivity contribution in [1.29, 1.82) is 0 Å². The number of nitrogens with one attached hydrogen (secondary N) is 1. The fourth-order valence-electron chi connectivity index (χ4n) is 8.50. The van der Waals surface area contributed by atoms with Gasteiger partial charge in [0.2, 0.25) is 6.41 Å². The van der Waals surface area contributed by atoms with E-state index in [9.17, 15) is 15.0 Å². The molecule has 11 nitrogen and oxygen atoms in total. The number of hydrogen-bond donors (Lipinski definition) is 3. The largest absolute Gasteiger partial charge is 0.507 e. The lowest BCUT2D eigenvalue weighted by atomic mass is 9.89. The predicted molar refractivity (Wildman–Crippen MR) is 273 cm³/mol. The van der Waals surface area contributed by atoms with Gasteiger partial charge in [0.25, 0.3) is 0 Å². The van der Waals surface area contributed by atoms with Gasteiger partial charge in [0, 0.05) is 47.3 Å². The van der Waals surface area contributed by atoms with Crippen LogP contribution in [-0.4, -0.2) is 92.1 Å². The van der Waals surface area contributed by atoms with Crippen LogP contribution in [0.5, 0.6) is 5.75 Å². The minimum Gasteiger partial charge on any atom is -0.507 e. The fourth-order valence-corrected chi connectivity index (χ4v) is 10.6. The summed E-state index contributed by atoms with van der Waals surface area (Å²) in [6, 6.07) is 19.7. The highest BCUT2D eigenvalue weighted by molar-refractivity contribution is 7.19. The van der Waals surface area contributed by atoms with Crippen LogP contribution in [0.1, 0.15) is 132 Å². The van der Waals surface area contributed by atoms with Crippen molar-refractivity contribution in [2.24, 2.45) is 5.92 Å². The maximum Gasteiger partial charge on any atom is 0.207 e. The number of aromatic hydroxyl groups is 1. The number of fused-ring (bicyclic) bond motifs is 1. The first kappa shape index (κ1) is 52.2. The zero-order valence-corrected chi connectivity index (χ0v) is 42.4. The van der Waals surface area contributed by atoms with Crippen molar-refractivity contribution in [2.75, 3.05) is 39.3 Å². The van der Waals surface area contributed by atoms with Crippen molar-refractivity contribution in [3.05, 3.63) is 111 Å². The Labute approximate surface area is 401 Å². The van der Waals surface area contributed by atoms with Gasteiger partial charge in [-0.25, -0.2) is 4.98 Å². The summed E-state index contributed by atoms with van der Waals surface area (Å²) in [7, 11) is 0. The molecular weight excluding hydrogens is 863 g/mol. The summed E-state index contributed by atoms with van der Waals surface area (Å²) < 4.78 is 5.57. The number of likely N-dealkylation sites (tertiary alicyclic amines) is 2. The topological polar surface area (TPSA) is 141 Å². The van der Waals surface area contributed by atoms with Crippen molar-refractivity contribution < 1.29 is 19.5 Å². The van der Waals surface area contributed by atoms with Crippen LogP contribution in [0.15, 0.2) is 82.8 Å². The molecule has 0 spiro atoms. The highest BCUT2D eigenvalue weighted by Gasteiger charge is 2.26. The van der Waals surface area contributed by atoms with Crippen LogP contribution in [-0.2, 0) is 11.2 Å². The number of rotatable bonds is 14. The van der Waals surface area contributed by atoms with Crippen LogP contribution in [0.2, 0.25) is 0 Å². The molecule has 0 aliphatic carbocycles. The third kappa shape index (κ3) is 14.6. The third-order valence-corrected chi connectivity index (χ3v) is 14.6. The van der Waals surface area contributed by atoms with E-state index in [1.165, 1.54) is 58.6 Å². The van der Waals surface area contributed by atoms with Crippen LogP contribution in [0.3, 0.4) is 0 Å². The van der Waals surface area contributed by atoms with Gasteiger partial charge >= 0.3 is 0 Å². The summed E-state index contributed by atoms with van der Waals surface area (Å²) in [6.07, 6.45) is 7.01. The van der Waals surface area contributed by atoms with E-state index < -0.39 is 0 Å². The summed E-state index contributed by atoms with van der Waals surface area (Å²) in [6.45, 7) is 29.4. The number of carbonyl (C=O) groups excluding carboxylic acids is 1. The van der Waals surface area contributed by atoms with E-state index in [0.717, 1.165) is 96.2 Å². The number of β-amino-alcohol motifs (C(OH)–C–C–N with tert-alkyl or cyclic N) is 1. The number of phenolic OH excluding ortho intramolecular Hbond substituents is 1. The second-order valence-electron chi connectivity index (χ2n) is 18.1. The number of hydrogen-bond acceptors (Lipinski definition) is 12. The van der Waals surface area contributed by atoms with Crippen molar-refractivity contribution in [1.82, 2.24) is 35.5 Å². The SMILES string of the molecule is C=C(C)Cc1cc([C@H](CCN2CCC(O)C2)C(C)C)on1.CCC.CCN1CCC(c2sc3nnc(-c4ccccc4O)cc3c2C)CC1.Cc1ncsc1-c1ccc([C@H](C)NC=O)cc1. The molecule has 2 aromatic carbocycles. The first-order valence-electron chi connectivity index (χ1n) is 23.7. The average molecular weight is 936 g/mol. The Kier molecular flexibility index (Phi) is 20.5. The predicted octanol–water partition coefficient (Wildman–Crippen LogP) is 11.9. The van der Waals surface area contributed by atoms with Crippen LogP contribution < -0.4 is 5.32 Å². The van der Waals surface area contributed by atoms with Gasteiger partial charge < -0.3 is 29.9 Å². The Morgan fingerprint density at radius 1 is 0.985 bits per heavy atom. The molecule has 8 rings (SSSR count). The Morgan fingerprint density at radius 2 is 1.68 bits per heavy atom. The summed E-state index contributed by atoms with van der Waals surface area (Å²) in [5, 5.41) is 36.6. The monoisotopic (exact) mass is 936 g/mol. The van der Waals surface area contributed by atoms with E-state index in [4.69, 9.17) is 4.52 Å². The number of carbonyl (C=O) groups is 1. The number of aromatic nitrogens is 4. The van der Waals surface area contributed by atoms with E-state index in [1.54, 1.807) is 28.7 Å². The molecule has 2 aliphatic rings. The Balaban J connectivity index is 0.000000183. The van der Waals surface area contributed by atoms with Crippen LogP contribution >= 0.6 is 22.7 Å². The van der Waals surface area contributed by atoms with E-state index in [1.807, 2.05) is 56.6 Å². The molecule has 6 aromatic rings. The smallest absolute Gasteiger partial charge is 0.207 e. The summed E-state index contributed by atoms with van der Waals surface area (Å²) in [5.41, 5.74) is 10.1. The van der Waals surface area contributed by atoms with Gasteiger partial charge in [0.1, 0.15) is 16.3 Å². The molecule has 1 amide bonds. The summed E-state index contributed by atoms with van der Waals surface area (Å²) in [4.78, 5) is 23.1. The molecule has 0 radical (unpaired) electrons. The molecule has 6 heterocycles. The van der Waals surface area contributed by atoms with Crippen LogP contribution in [0.4, 0.5) is 0 Å². The number of para-hydroxylation sites is 1. The van der Waals surface area contributed by atoms with E-state index in [2.05, 4.69) is 108 Å². The number of allylic oxidation sites excluding steroid dienone is 1. The molecule has 3 atom stereocenters. The molecule has 2 aliphatic heterocycles. The second kappa shape index (κ2) is 25.9. The standard InChI is InChI=1S/C20H23N3OS.C17H28N2O2.C13H14N2OS.C3H8/c1-3-23-10-8-14(9-11-23)19-13(2)16-12-17(21-22-20(16)25-19)15-6-4-5-7-18(15)24;1-12(2)9-14-10-17(21-18-14)16(13(3)4)6-8-19-7-5-15(20)11-19;1-9(14-7-16)11-3-5-12(6-4-11)13-10(2)15-8-17-13;1-3-2/h4-7,12,14,24H,3,8-11H2,1-2H3;10,13,15-16,20H,1,5-9,11H2,2-4H3;3-9H,1-2H3,(H,14,16);3H2,1-2H3/t;15?,16-;9-;/m.10./s1. The lowest BCUT2D eigenvalue weighted by Gasteiger charge is -2.30. The molecule has 66 heavy (non-hydrogen) atoms. The van der Waals surface area contributed by atoms with E-state index in [0.29, 0.717) is 17.8 Å². The van der Waals surface area contributed by atoms with E-state index >= 15 is 0 Å².